The zero-order valence-electron chi connectivity index (χ0n) is 20.0. The van der Waals surface area contributed by atoms with Gasteiger partial charge < -0.3 is 19.1 Å². The van der Waals surface area contributed by atoms with E-state index in [4.69, 9.17) is 14.2 Å². The van der Waals surface area contributed by atoms with Crippen LogP contribution in [0.2, 0.25) is 0 Å². The molecule has 0 bridgehead atoms. The molecule has 7 heteroatoms. The number of rotatable bonds is 8. The highest BCUT2D eigenvalue weighted by Gasteiger charge is 2.43. The van der Waals surface area contributed by atoms with Crippen molar-refractivity contribution < 1.29 is 19.0 Å². The zero-order valence-corrected chi connectivity index (χ0v) is 20.0. The summed E-state index contributed by atoms with van der Waals surface area (Å²) in [6.45, 7) is 8.33. The third-order valence-corrected chi connectivity index (χ3v) is 6.50. The summed E-state index contributed by atoms with van der Waals surface area (Å²) >= 11 is 0. The van der Waals surface area contributed by atoms with Gasteiger partial charge in [0, 0.05) is 24.3 Å². The number of amides is 1. The van der Waals surface area contributed by atoms with Crippen molar-refractivity contribution in [3.05, 3.63) is 64.8 Å². The predicted octanol–water partition coefficient (Wildman–Crippen LogP) is 4.91. The Morgan fingerprint density at radius 3 is 2.56 bits per heavy atom. The zero-order chi connectivity index (χ0) is 23.7. The van der Waals surface area contributed by atoms with Crippen molar-refractivity contribution in [1.82, 2.24) is 15.1 Å². The summed E-state index contributed by atoms with van der Waals surface area (Å²) in [4.78, 5) is 15.5. The fourth-order valence-corrected chi connectivity index (χ4v) is 4.91. The molecule has 0 spiro atoms. The van der Waals surface area contributed by atoms with Crippen molar-refractivity contribution in [3.8, 4) is 22.8 Å². The largest absolute Gasteiger partial charge is 0.490 e. The fraction of sp³-hybridized carbons (Fsp3) is 0.407. The molecule has 0 aliphatic carbocycles. The van der Waals surface area contributed by atoms with E-state index < -0.39 is 0 Å². The van der Waals surface area contributed by atoms with Gasteiger partial charge in [-0.05, 0) is 51.3 Å². The first kappa shape index (κ1) is 22.5. The minimum atomic E-state index is -0.295. The number of H-pyrrole nitrogens is 1. The van der Waals surface area contributed by atoms with Crippen LogP contribution in [0.1, 0.15) is 59.9 Å². The van der Waals surface area contributed by atoms with Crippen molar-refractivity contribution in [2.45, 2.75) is 45.8 Å². The van der Waals surface area contributed by atoms with Crippen molar-refractivity contribution in [2.24, 2.45) is 0 Å². The molecular formula is C27H31N3O4. The van der Waals surface area contributed by atoms with E-state index in [1.807, 2.05) is 36.9 Å². The molecule has 1 N–H and O–H groups in total. The molecule has 2 aliphatic heterocycles. The summed E-state index contributed by atoms with van der Waals surface area (Å²) < 4.78 is 17.6. The number of hydrogen-bond acceptors (Lipinski definition) is 5. The smallest absolute Gasteiger partial charge is 0.273 e. The molecule has 3 heterocycles. The number of carbonyl (C=O) groups excluding carboxylic acids is 1. The summed E-state index contributed by atoms with van der Waals surface area (Å²) in [5, 5.41) is 7.61. The number of aryl methyl sites for hydroxylation is 1. The summed E-state index contributed by atoms with van der Waals surface area (Å²) in [5.74, 6) is 1.34. The third kappa shape index (κ3) is 4.05. The Balaban J connectivity index is 1.62. The highest BCUT2D eigenvalue weighted by molar-refractivity contribution is 6.00. The van der Waals surface area contributed by atoms with Gasteiger partial charge >= 0.3 is 0 Å². The second kappa shape index (κ2) is 9.50. The van der Waals surface area contributed by atoms with E-state index in [1.165, 1.54) is 5.56 Å². The van der Waals surface area contributed by atoms with Crippen molar-refractivity contribution in [3.63, 3.8) is 0 Å². The van der Waals surface area contributed by atoms with E-state index in [9.17, 15) is 4.79 Å². The topological polar surface area (TPSA) is 76.7 Å². The predicted molar refractivity (Wildman–Crippen MR) is 129 cm³/mol. The Labute approximate surface area is 200 Å². The molecule has 2 aliphatic rings. The van der Waals surface area contributed by atoms with Crippen LogP contribution in [0.25, 0.3) is 11.3 Å². The van der Waals surface area contributed by atoms with Gasteiger partial charge in [-0.15, -0.1) is 0 Å². The maximum Gasteiger partial charge on any atom is 0.273 e. The normalized spacial score (nSPS) is 19.5. The van der Waals surface area contributed by atoms with Gasteiger partial charge in [0.1, 0.15) is 5.69 Å². The quantitative estimate of drug-likeness (QED) is 0.516. The van der Waals surface area contributed by atoms with Crippen LogP contribution < -0.4 is 9.47 Å². The molecule has 2 atom stereocenters. The van der Waals surface area contributed by atoms with Crippen molar-refractivity contribution >= 4 is 5.91 Å². The second-order valence-electron chi connectivity index (χ2n) is 8.79. The average Bonchev–Trinajstić information content (AvgIpc) is 3.56. The van der Waals surface area contributed by atoms with E-state index in [2.05, 4.69) is 41.4 Å². The minimum absolute atomic E-state index is 0.0419. The standard InChI is InChI=1S/C27H31N3O4/c1-4-32-21-13-12-19(15-22(21)33-5-2)26-23-24(18-10-8-17(3)9-11-18)28-29-25(23)27(31)30(26)16-20-7-6-14-34-20/h8-13,15,20,26H,4-7,14,16H2,1-3H3,(H,28,29). The van der Waals surface area contributed by atoms with Gasteiger partial charge in [0.15, 0.2) is 11.5 Å². The van der Waals surface area contributed by atoms with Gasteiger partial charge in [0.05, 0.1) is 31.1 Å². The van der Waals surface area contributed by atoms with Gasteiger partial charge in [0.25, 0.3) is 5.91 Å². The van der Waals surface area contributed by atoms with Crippen LogP contribution >= 0.6 is 0 Å². The van der Waals surface area contributed by atoms with Gasteiger partial charge in [-0.1, -0.05) is 35.9 Å². The molecule has 5 rings (SSSR count). The molecule has 2 aromatic carbocycles. The molecule has 2 unspecified atom stereocenters. The highest BCUT2D eigenvalue weighted by Crippen LogP contribution is 2.45. The van der Waals surface area contributed by atoms with E-state index >= 15 is 0 Å². The number of ether oxygens (including phenoxy) is 3. The first-order valence-corrected chi connectivity index (χ1v) is 12.1. The van der Waals surface area contributed by atoms with E-state index in [-0.39, 0.29) is 18.1 Å². The number of aromatic nitrogens is 2. The minimum Gasteiger partial charge on any atom is -0.490 e. The Kier molecular flexibility index (Phi) is 6.28. The second-order valence-corrected chi connectivity index (χ2v) is 8.79. The molecule has 1 saturated heterocycles. The monoisotopic (exact) mass is 461 g/mol. The van der Waals surface area contributed by atoms with Gasteiger partial charge in [-0.25, -0.2) is 0 Å². The molecule has 1 aromatic heterocycles. The molecule has 34 heavy (non-hydrogen) atoms. The summed E-state index contributed by atoms with van der Waals surface area (Å²) in [6, 6.07) is 13.9. The number of carbonyl (C=O) groups is 1. The first-order valence-electron chi connectivity index (χ1n) is 12.1. The van der Waals surface area contributed by atoms with E-state index in [0.29, 0.717) is 37.0 Å². The fourth-order valence-electron chi connectivity index (χ4n) is 4.91. The third-order valence-electron chi connectivity index (χ3n) is 6.50. The van der Waals surface area contributed by atoms with Gasteiger partial charge in [0.2, 0.25) is 0 Å². The van der Waals surface area contributed by atoms with E-state index in [0.717, 1.165) is 41.8 Å². The Bertz CT molecular complexity index is 1170. The number of benzene rings is 2. The average molecular weight is 462 g/mol. The maximum absolute atomic E-state index is 13.6. The van der Waals surface area contributed by atoms with Crippen LogP contribution in [0.3, 0.4) is 0 Å². The molecule has 0 radical (unpaired) electrons. The van der Waals surface area contributed by atoms with E-state index in [1.54, 1.807) is 0 Å². The number of fused-ring (bicyclic) bond motifs is 1. The Hall–Kier alpha value is -3.32. The lowest BCUT2D eigenvalue weighted by Crippen LogP contribution is -2.36. The summed E-state index contributed by atoms with van der Waals surface area (Å²) in [7, 11) is 0. The lowest BCUT2D eigenvalue weighted by molar-refractivity contribution is 0.0495. The van der Waals surface area contributed by atoms with Crippen LogP contribution in [0.4, 0.5) is 0 Å². The number of hydrogen-bond donors (Lipinski definition) is 1. The maximum atomic E-state index is 13.6. The van der Waals surface area contributed by atoms with Crippen LogP contribution in [-0.4, -0.2) is 53.5 Å². The Morgan fingerprint density at radius 1 is 1.09 bits per heavy atom. The van der Waals surface area contributed by atoms with Crippen molar-refractivity contribution in [1.29, 1.82) is 0 Å². The molecule has 0 saturated carbocycles. The number of aromatic amines is 1. The number of nitrogens with zero attached hydrogens (tertiary/aromatic N) is 2. The highest BCUT2D eigenvalue weighted by atomic mass is 16.5. The van der Waals surface area contributed by atoms with Crippen molar-refractivity contribution in [2.75, 3.05) is 26.4 Å². The lowest BCUT2D eigenvalue weighted by atomic mass is 9.95. The lowest BCUT2D eigenvalue weighted by Gasteiger charge is -2.29. The SMILES string of the molecule is CCOc1ccc(C2c3c(-c4ccc(C)cc4)n[nH]c3C(=O)N2CC2CCCO2)cc1OCC. The van der Waals surface area contributed by atoms with Gasteiger partial charge in [-0.3, -0.25) is 9.89 Å². The van der Waals surface area contributed by atoms with Gasteiger partial charge in [-0.2, -0.15) is 5.10 Å². The van der Waals surface area contributed by atoms with Crippen LogP contribution in [0.5, 0.6) is 11.5 Å². The molecular weight excluding hydrogens is 430 g/mol. The summed E-state index contributed by atoms with van der Waals surface area (Å²) in [6.07, 6.45) is 2.03. The molecule has 1 amide bonds. The molecule has 7 nitrogen and oxygen atoms in total. The molecule has 3 aromatic rings. The van der Waals surface area contributed by atoms with Crippen LogP contribution in [-0.2, 0) is 4.74 Å². The first-order chi connectivity index (χ1) is 16.6. The molecule has 178 valence electrons. The summed E-state index contributed by atoms with van der Waals surface area (Å²) in [5.41, 5.74) is 5.37. The van der Waals surface area contributed by atoms with Crippen LogP contribution in [0.15, 0.2) is 42.5 Å². The Morgan fingerprint density at radius 2 is 1.85 bits per heavy atom. The molecule has 1 fully saturated rings. The number of nitrogens with one attached hydrogen (secondary N) is 1. The van der Waals surface area contributed by atoms with Crippen LogP contribution in [0, 0.1) is 6.92 Å².